The lowest BCUT2D eigenvalue weighted by Crippen LogP contribution is -2.44. The third-order valence-electron chi connectivity index (χ3n) is 4.91. The van der Waals surface area contributed by atoms with E-state index in [1.807, 2.05) is 25.8 Å². The molecule has 0 bridgehead atoms. The fraction of sp³-hybridized carbons (Fsp3) is 0.588. The van der Waals surface area contributed by atoms with Crippen LogP contribution in [0.4, 0.5) is 0 Å². The number of aryl methyl sites for hydroxylation is 3. The highest BCUT2D eigenvalue weighted by atomic mass is 35.5. The fourth-order valence-electron chi connectivity index (χ4n) is 3.22. The third kappa shape index (κ3) is 4.22. The zero-order chi connectivity index (χ0) is 17.3. The van der Waals surface area contributed by atoms with Crippen molar-refractivity contribution in [3.05, 3.63) is 26.6 Å². The summed E-state index contributed by atoms with van der Waals surface area (Å²) in [6, 6.07) is 0.316. The summed E-state index contributed by atoms with van der Waals surface area (Å²) in [6.07, 6.45) is 2.83. The van der Waals surface area contributed by atoms with Gasteiger partial charge in [0.25, 0.3) is 5.56 Å². The van der Waals surface area contributed by atoms with E-state index in [1.54, 1.807) is 0 Å². The molecule has 1 saturated heterocycles. The number of aromatic amines is 1. The number of fused-ring (bicyclic) bond motifs is 1. The molecule has 2 aromatic rings. The zero-order valence-electron chi connectivity index (χ0n) is 14.8. The van der Waals surface area contributed by atoms with Crippen molar-refractivity contribution < 1.29 is 4.79 Å². The van der Waals surface area contributed by atoms with E-state index in [4.69, 9.17) is 0 Å². The monoisotopic (exact) mass is 384 g/mol. The number of hydrogen-bond acceptors (Lipinski definition) is 5. The van der Waals surface area contributed by atoms with Crippen LogP contribution in [0, 0.1) is 13.8 Å². The topological polar surface area (TPSA) is 78.1 Å². The molecule has 0 atom stereocenters. The Morgan fingerprint density at radius 1 is 1.32 bits per heavy atom. The van der Waals surface area contributed by atoms with Crippen LogP contribution in [-0.4, -0.2) is 47.0 Å². The Balaban J connectivity index is 0.00000225. The fourth-order valence-corrected chi connectivity index (χ4v) is 4.27. The summed E-state index contributed by atoms with van der Waals surface area (Å²) >= 11 is 1.54. The largest absolute Gasteiger partial charge is 0.343 e. The maximum atomic E-state index is 12.4. The Hall–Kier alpha value is -1.44. The summed E-state index contributed by atoms with van der Waals surface area (Å²) in [6.45, 7) is 5.87. The Bertz CT molecular complexity index is 811. The van der Waals surface area contributed by atoms with Crippen molar-refractivity contribution in [2.75, 3.05) is 20.1 Å². The van der Waals surface area contributed by atoms with Gasteiger partial charge in [-0.15, -0.1) is 23.7 Å². The smallest absolute Gasteiger partial charge is 0.259 e. The molecule has 0 saturated carbocycles. The lowest BCUT2D eigenvalue weighted by Gasteiger charge is -2.31. The molecular weight excluding hydrogens is 360 g/mol. The minimum absolute atomic E-state index is 0. The molecule has 1 fully saturated rings. The summed E-state index contributed by atoms with van der Waals surface area (Å²) in [5.74, 6) is 0.712. The van der Waals surface area contributed by atoms with E-state index in [0.717, 1.165) is 41.2 Å². The molecule has 1 aliphatic rings. The highest BCUT2D eigenvalue weighted by molar-refractivity contribution is 7.18. The van der Waals surface area contributed by atoms with Gasteiger partial charge >= 0.3 is 0 Å². The van der Waals surface area contributed by atoms with Crippen LogP contribution in [-0.2, 0) is 11.2 Å². The van der Waals surface area contributed by atoms with Crippen LogP contribution in [0.15, 0.2) is 4.79 Å². The molecule has 25 heavy (non-hydrogen) atoms. The predicted octanol–water partition coefficient (Wildman–Crippen LogP) is 2.17. The van der Waals surface area contributed by atoms with E-state index in [-0.39, 0.29) is 23.9 Å². The van der Waals surface area contributed by atoms with Crippen molar-refractivity contribution in [1.82, 2.24) is 20.2 Å². The highest BCUT2D eigenvalue weighted by Gasteiger charge is 2.22. The number of hydrogen-bond donors (Lipinski definition) is 2. The molecule has 8 heteroatoms. The second-order valence-electron chi connectivity index (χ2n) is 6.46. The Morgan fingerprint density at radius 2 is 2.00 bits per heavy atom. The van der Waals surface area contributed by atoms with E-state index in [0.29, 0.717) is 30.1 Å². The first kappa shape index (κ1) is 19.9. The van der Waals surface area contributed by atoms with Crippen LogP contribution in [0.25, 0.3) is 10.2 Å². The lowest BCUT2D eigenvalue weighted by molar-refractivity contribution is -0.132. The van der Waals surface area contributed by atoms with Gasteiger partial charge in [0.05, 0.1) is 5.39 Å². The average molecular weight is 385 g/mol. The lowest BCUT2D eigenvalue weighted by atomic mass is 10.0. The maximum Gasteiger partial charge on any atom is 0.259 e. The molecule has 0 spiro atoms. The van der Waals surface area contributed by atoms with Crippen LogP contribution in [0.1, 0.15) is 35.5 Å². The van der Waals surface area contributed by atoms with Crippen molar-refractivity contribution in [2.24, 2.45) is 0 Å². The first-order chi connectivity index (χ1) is 11.5. The number of aromatic nitrogens is 2. The van der Waals surface area contributed by atoms with Gasteiger partial charge in [-0.05, 0) is 45.3 Å². The number of carbonyl (C=O) groups excluding carboxylic acids is 1. The first-order valence-corrected chi connectivity index (χ1v) is 9.24. The zero-order valence-corrected chi connectivity index (χ0v) is 16.5. The predicted molar refractivity (Wildman–Crippen MR) is 104 cm³/mol. The molecular formula is C17H25ClN4O2S. The second kappa shape index (κ2) is 8.29. The molecule has 138 valence electrons. The van der Waals surface area contributed by atoms with E-state index in [9.17, 15) is 9.59 Å². The van der Waals surface area contributed by atoms with Crippen molar-refractivity contribution in [3.63, 3.8) is 0 Å². The Kier molecular flexibility index (Phi) is 6.59. The van der Waals surface area contributed by atoms with E-state index in [1.165, 1.54) is 11.3 Å². The second-order valence-corrected chi connectivity index (χ2v) is 7.67. The molecule has 0 aromatic carbocycles. The van der Waals surface area contributed by atoms with Gasteiger partial charge in [0.2, 0.25) is 5.91 Å². The van der Waals surface area contributed by atoms with Crippen LogP contribution >= 0.6 is 23.7 Å². The molecule has 3 heterocycles. The van der Waals surface area contributed by atoms with Gasteiger partial charge in [-0.1, -0.05) is 0 Å². The molecule has 2 N–H and O–H groups in total. The number of rotatable bonds is 4. The number of halogens is 1. The van der Waals surface area contributed by atoms with Crippen LogP contribution in [0.3, 0.4) is 0 Å². The van der Waals surface area contributed by atoms with Crippen LogP contribution in [0.2, 0.25) is 0 Å². The summed E-state index contributed by atoms with van der Waals surface area (Å²) in [5, 5.41) is 3.99. The number of amides is 1. The van der Waals surface area contributed by atoms with Crippen LogP contribution < -0.4 is 10.9 Å². The van der Waals surface area contributed by atoms with Gasteiger partial charge in [-0.3, -0.25) is 9.59 Å². The number of thiophene rings is 1. The van der Waals surface area contributed by atoms with Gasteiger partial charge < -0.3 is 15.2 Å². The SMILES string of the molecule is Cc1sc2nc(CCC(=O)N(C)C3CCNCC3)[nH]c(=O)c2c1C.Cl. The molecule has 3 rings (SSSR count). The number of H-pyrrole nitrogens is 1. The maximum absolute atomic E-state index is 12.4. The highest BCUT2D eigenvalue weighted by Crippen LogP contribution is 2.25. The van der Waals surface area contributed by atoms with E-state index in [2.05, 4.69) is 15.3 Å². The number of carbonyl (C=O) groups is 1. The minimum atomic E-state index is -0.101. The minimum Gasteiger partial charge on any atom is -0.343 e. The van der Waals surface area contributed by atoms with E-state index < -0.39 is 0 Å². The van der Waals surface area contributed by atoms with Crippen molar-refractivity contribution in [1.29, 1.82) is 0 Å². The number of piperidine rings is 1. The molecule has 0 radical (unpaired) electrons. The molecule has 1 aliphatic heterocycles. The first-order valence-electron chi connectivity index (χ1n) is 8.42. The third-order valence-corrected chi connectivity index (χ3v) is 6.01. The van der Waals surface area contributed by atoms with Crippen molar-refractivity contribution in [3.8, 4) is 0 Å². The quantitative estimate of drug-likeness (QED) is 0.846. The van der Waals surface area contributed by atoms with Gasteiger partial charge in [-0.2, -0.15) is 0 Å². The summed E-state index contributed by atoms with van der Waals surface area (Å²) in [5.41, 5.74) is 0.896. The van der Waals surface area contributed by atoms with E-state index >= 15 is 0 Å². The van der Waals surface area contributed by atoms with Gasteiger partial charge in [-0.25, -0.2) is 4.98 Å². The van der Waals surface area contributed by atoms with Crippen LogP contribution in [0.5, 0.6) is 0 Å². The molecule has 1 amide bonds. The standard InChI is InChI=1S/C17H24N4O2S.ClH/c1-10-11(2)24-17-15(10)16(23)19-13(20-17)4-5-14(22)21(3)12-6-8-18-9-7-12;/h12,18H,4-9H2,1-3H3,(H,19,20,23);1H. The Morgan fingerprint density at radius 3 is 2.68 bits per heavy atom. The van der Waals surface area contributed by atoms with Gasteiger partial charge in [0.1, 0.15) is 10.7 Å². The van der Waals surface area contributed by atoms with Gasteiger partial charge in [0.15, 0.2) is 0 Å². The molecule has 6 nitrogen and oxygen atoms in total. The summed E-state index contributed by atoms with van der Waals surface area (Å²) in [4.78, 5) is 35.8. The average Bonchev–Trinajstić information content (AvgIpc) is 2.87. The number of nitrogens with one attached hydrogen (secondary N) is 2. The summed E-state index contributed by atoms with van der Waals surface area (Å²) < 4.78 is 0. The molecule has 0 aliphatic carbocycles. The van der Waals surface area contributed by atoms with Gasteiger partial charge in [0, 0.05) is 30.8 Å². The van der Waals surface area contributed by atoms with Crippen molar-refractivity contribution >= 4 is 39.9 Å². The van der Waals surface area contributed by atoms with Crippen molar-refractivity contribution in [2.45, 2.75) is 45.6 Å². The molecule has 0 unspecified atom stereocenters. The Labute approximate surface area is 157 Å². The molecule has 2 aromatic heterocycles. The normalized spacial score (nSPS) is 15.2. The number of nitrogens with zero attached hydrogens (tertiary/aromatic N) is 2. The summed E-state index contributed by atoms with van der Waals surface area (Å²) in [7, 11) is 1.88.